The highest BCUT2D eigenvalue weighted by Gasteiger charge is 2.57. The van der Waals surface area contributed by atoms with E-state index in [1.165, 1.54) is 0 Å². The number of aromatic nitrogens is 2. The van der Waals surface area contributed by atoms with Crippen molar-refractivity contribution in [2.75, 3.05) is 39.4 Å². The number of rotatable bonds is 7. The summed E-state index contributed by atoms with van der Waals surface area (Å²) in [6.45, 7) is 4.97. The van der Waals surface area contributed by atoms with Gasteiger partial charge in [-0.3, -0.25) is 19.4 Å². The number of carbonyl (C=O) groups excluding carboxylic acids is 3. The Labute approximate surface area is 255 Å². The van der Waals surface area contributed by atoms with Crippen LogP contribution in [0.4, 0.5) is 0 Å². The minimum Gasteiger partial charge on any atom is -0.464 e. The van der Waals surface area contributed by atoms with E-state index in [1.54, 1.807) is 12.5 Å². The van der Waals surface area contributed by atoms with Gasteiger partial charge in [0.1, 0.15) is 5.76 Å². The molecular weight excluding hydrogens is 558 g/mol. The third-order valence-corrected chi connectivity index (χ3v) is 9.66. The van der Waals surface area contributed by atoms with E-state index in [9.17, 15) is 14.4 Å². The molecule has 0 aliphatic carbocycles. The lowest BCUT2D eigenvalue weighted by molar-refractivity contribution is -0.166. The van der Waals surface area contributed by atoms with Gasteiger partial charge in [-0.05, 0) is 55.7 Å². The average molecular weight is 596 g/mol. The highest BCUT2D eigenvalue weighted by atomic mass is 16.5. The number of pyridine rings is 1. The van der Waals surface area contributed by atoms with E-state index in [0.717, 1.165) is 39.2 Å². The van der Waals surface area contributed by atoms with Gasteiger partial charge in [0.15, 0.2) is 0 Å². The molecule has 2 fully saturated rings. The van der Waals surface area contributed by atoms with E-state index < -0.39 is 17.4 Å². The highest BCUT2D eigenvalue weighted by Crippen LogP contribution is 2.50. The monoisotopic (exact) mass is 595 g/mol. The molecule has 10 heteroatoms. The van der Waals surface area contributed by atoms with Crippen molar-refractivity contribution >= 4 is 28.6 Å². The Morgan fingerprint density at radius 2 is 1.98 bits per heavy atom. The number of nitrogens with zero attached hydrogens (tertiary/aromatic N) is 3. The van der Waals surface area contributed by atoms with Crippen LogP contribution in [0.2, 0.25) is 0 Å². The lowest BCUT2D eigenvalue weighted by Crippen LogP contribution is -2.65. The number of furan rings is 1. The molecule has 2 saturated heterocycles. The fourth-order valence-corrected chi connectivity index (χ4v) is 7.36. The molecule has 2 N–H and O–H groups in total. The van der Waals surface area contributed by atoms with E-state index in [2.05, 4.69) is 33.5 Å². The van der Waals surface area contributed by atoms with Gasteiger partial charge in [-0.1, -0.05) is 18.2 Å². The first-order valence-electron chi connectivity index (χ1n) is 15.5. The zero-order valence-corrected chi connectivity index (χ0v) is 24.9. The van der Waals surface area contributed by atoms with Gasteiger partial charge >= 0.3 is 0 Å². The van der Waals surface area contributed by atoms with Gasteiger partial charge in [0.25, 0.3) is 0 Å². The first kappa shape index (κ1) is 28.3. The Balaban J connectivity index is 1.19. The highest BCUT2D eigenvalue weighted by molar-refractivity contribution is 5.93. The molecule has 3 aromatic heterocycles. The van der Waals surface area contributed by atoms with E-state index in [1.807, 2.05) is 47.1 Å². The number of aromatic amines is 1. The van der Waals surface area contributed by atoms with Crippen LogP contribution in [-0.2, 0) is 37.5 Å². The number of nitrogens with one attached hydrogen (secondary N) is 2. The number of H-pyrrole nitrogens is 1. The fourth-order valence-electron chi connectivity index (χ4n) is 7.36. The van der Waals surface area contributed by atoms with Gasteiger partial charge in [0.2, 0.25) is 17.7 Å². The van der Waals surface area contributed by atoms with Gasteiger partial charge < -0.3 is 29.3 Å². The van der Waals surface area contributed by atoms with Crippen LogP contribution in [0.1, 0.15) is 36.7 Å². The lowest BCUT2D eigenvalue weighted by atomic mass is 9.67. The maximum Gasteiger partial charge on any atom is 0.228 e. The van der Waals surface area contributed by atoms with Crippen molar-refractivity contribution in [1.82, 2.24) is 25.1 Å². The summed E-state index contributed by atoms with van der Waals surface area (Å²) in [5.74, 6) is -0.558. The third-order valence-electron chi connectivity index (χ3n) is 9.66. The molecule has 0 spiro atoms. The van der Waals surface area contributed by atoms with Gasteiger partial charge in [0.05, 0.1) is 30.9 Å². The Hall–Kier alpha value is -4.44. The van der Waals surface area contributed by atoms with Crippen molar-refractivity contribution in [2.45, 2.75) is 38.1 Å². The fraction of sp³-hybridized carbons (Fsp3) is 0.412. The first-order chi connectivity index (χ1) is 21.4. The number of carbonyl (C=O) groups is 3. The smallest absolute Gasteiger partial charge is 0.228 e. The largest absolute Gasteiger partial charge is 0.464 e. The summed E-state index contributed by atoms with van der Waals surface area (Å²) >= 11 is 0. The van der Waals surface area contributed by atoms with Crippen molar-refractivity contribution in [3.63, 3.8) is 0 Å². The summed E-state index contributed by atoms with van der Waals surface area (Å²) in [5.41, 5.74) is 3.98. The van der Waals surface area contributed by atoms with Crippen molar-refractivity contribution in [2.24, 2.45) is 11.8 Å². The number of piperidine rings is 1. The van der Waals surface area contributed by atoms with Gasteiger partial charge in [-0.25, -0.2) is 0 Å². The van der Waals surface area contributed by atoms with E-state index >= 15 is 0 Å². The molecule has 3 atom stereocenters. The van der Waals surface area contributed by atoms with E-state index in [0.29, 0.717) is 58.7 Å². The van der Waals surface area contributed by atoms with E-state index in [-0.39, 0.29) is 24.1 Å². The quantitative estimate of drug-likeness (QED) is 0.337. The molecule has 3 aliphatic rings. The van der Waals surface area contributed by atoms with Gasteiger partial charge in [-0.2, -0.15) is 0 Å². The van der Waals surface area contributed by atoms with Crippen LogP contribution in [0, 0.1) is 11.8 Å². The van der Waals surface area contributed by atoms with Crippen LogP contribution >= 0.6 is 0 Å². The lowest BCUT2D eigenvalue weighted by Gasteiger charge is -2.54. The topological polar surface area (TPSA) is 121 Å². The zero-order valence-electron chi connectivity index (χ0n) is 24.9. The molecule has 10 nitrogen and oxygen atoms in total. The van der Waals surface area contributed by atoms with Crippen LogP contribution in [0.3, 0.4) is 0 Å². The molecule has 4 aromatic rings. The molecule has 3 amide bonds. The normalized spacial score (nSPS) is 23.3. The van der Waals surface area contributed by atoms with Crippen LogP contribution in [0.25, 0.3) is 22.2 Å². The number of benzene rings is 1. The van der Waals surface area contributed by atoms with Crippen molar-refractivity contribution in [3.05, 3.63) is 77.9 Å². The van der Waals surface area contributed by atoms with Crippen molar-refractivity contribution < 1.29 is 23.5 Å². The molecule has 228 valence electrons. The minimum absolute atomic E-state index is 0.0108. The zero-order chi connectivity index (χ0) is 30.3. The first-order valence-corrected chi connectivity index (χ1v) is 15.5. The number of hydrogen-bond donors (Lipinski definition) is 2. The van der Waals surface area contributed by atoms with Crippen LogP contribution in [-0.4, -0.2) is 76.9 Å². The summed E-state index contributed by atoms with van der Waals surface area (Å²) in [6, 6.07) is 15.7. The number of amides is 3. The number of morpholine rings is 1. The summed E-state index contributed by atoms with van der Waals surface area (Å²) in [6.07, 6.45) is 5.02. The maximum atomic E-state index is 14.3. The molecule has 0 bridgehead atoms. The van der Waals surface area contributed by atoms with Crippen molar-refractivity contribution in [1.29, 1.82) is 0 Å². The molecule has 6 heterocycles. The molecule has 3 aliphatic heterocycles. The third kappa shape index (κ3) is 4.96. The Bertz CT molecular complexity index is 1680. The number of ether oxygens (including phenoxy) is 1. The standard InChI is InChI=1S/C34H37N5O5/c1-34-27(33(42)38-14-17-43-18-15-38)19-23(21-30(40)36-12-9-24-5-2-3-11-35-24)32(41)39(34)13-10-26-25-8-7-22(29-6-4-16-44-29)20-28(25)37-31(26)34/h2-8,11,16,20,23,27,37H,9-10,12-15,17-19,21H2,1H3,(H,36,40)/t23-,27-,34+/m1/s1. The van der Waals surface area contributed by atoms with Crippen LogP contribution < -0.4 is 5.32 Å². The summed E-state index contributed by atoms with van der Waals surface area (Å²) < 4.78 is 11.2. The van der Waals surface area contributed by atoms with Crippen LogP contribution in [0.15, 0.2) is 65.4 Å². The molecule has 1 aromatic carbocycles. The minimum atomic E-state index is -0.879. The molecule has 0 radical (unpaired) electrons. The Morgan fingerprint density at radius 1 is 1.11 bits per heavy atom. The SMILES string of the molecule is C[C@]12c3[nH]c4cc(-c5ccco5)ccc4c3CCN1C(=O)[C@@H](CC(=O)NCCc1ccccn1)C[C@@H]2C(=O)N1CCOCC1. The molecule has 44 heavy (non-hydrogen) atoms. The number of fused-ring (bicyclic) bond motifs is 5. The predicted octanol–water partition coefficient (Wildman–Crippen LogP) is 3.67. The maximum absolute atomic E-state index is 14.3. The summed E-state index contributed by atoms with van der Waals surface area (Å²) in [5, 5.41) is 4.06. The molecular formula is C34H37N5O5. The van der Waals surface area contributed by atoms with Crippen LogP contribution in [0.5, 0.6) is 0 Å². The molecule has 7 rings (SSSR count). The number of hydrogen-bond acceptors (Lipinski definition) is 6. The summed E-state index contributed by atoms with van der Waals surface area (Å²) in [7, 11) is 0. The second kappa shape index (κ2) is 11.6. The second-order valence-corrected chi connectivity index (χ2v) is 12.2. The second-order valence-electron chi connectivity index (χ2n) is 12.2. The predicted molar refractivity (Wildman–Crippen MR) is 163 cm³/mol. The Kier molecular flexibility index (Phi) is 7.45. The van der Waals surface area contributed by atoms with Gasteiger partial charge in [-0.15, -0.1) is 0 Å². The van der Waals surface area contributed by atoms with Gasteiger partial charge in [0, 0.05) is 79.0 Å². The molecule has 0 unspecified atom stereocenters. The molecule has 0 saturated carbocycles. The Morgan fingerprint density at radius 3 is 2.75 bits per heavy atom. The van der Waals surface area contributed by atoms with Crippen molar-refractivity contribution in [3.8, 4) is 11.3 Å². The van der Waals surface area contributed by atoms with E-state index in [4.69, 9.17) is 9.15 Å². The summed E-state index contributed by atoms with van der Waals surface area (Å²) in [4.78, 5) is 53.2. The average Bonchev–Trinajstić information content (AvgIpc) is 3.72.